The summed E-state index contributed by atoms with van der Waals surface area (Å²) in [7, 11) is 0. The number of nitrogens with zero attached hydrogens (tertiary/aromatic N) is 1. The van der Waals surface area contributed by atoms with E-state index in [1.165, 1.54) is 0 Å². The molecule has 0 atom stereocenters. The van der Waals surface area contributed by atoms with Gasteiger partial charge in [-0.05, 0) is 36.7 Å². The second-order valence-electron chi connectivity index (χ2n) is 5.84. The Bertz CT molecular complexity index is 707. The lowest BCUT2D eigenvalue weighted by Crippen LogP contribution is -2.32. The van der Waals surface area contributed by atoms with Crippen LogP contribution in [0.2, 0.25) is 0 Å². The number of halogens is 1. The Kier molecular flexibility index (Phi) is 9.41. The van der Waals surface area contributed by atoms with Gasteiger partial charge in [-0.1, -0.05) is 43.3 Å². The van der Waals surface area contributed by atoms with E-state index in [9.17, 15) is 9.59 Å². The molecule has 0 bridgehead atoms. The van der Waals surface area contributed by atoms with Crippen molar-refractivity contribution in [2.45, 2.75) is 26.3 Å². The van der Waals surface area contributed by atoms with E-state index in [0.29, 0.717) is 37.3 Å². The van der Waals surface area contributed by atoms with Gasteiger partial charge in [-0.25, -0.2) is 0 Å². The molecule has 2 rings (SSSR count). The summed E-state index contributed by atoms with van der Waals surface area (Å²) in [4.78, 5) is 26.3. The molecular formula is C20H26ClN3O2. The van der Waals surface area contributed by atoms with Crippen LogP contribution < -0.4 is 11.1 Å². The zero-order chi connectivity index (χ0) is 18.1. The predicted octanol–water partition coefficient (Wildman–Crippen LogP) is 3.45. The molecule has 0 saturated heterocycles. The second-order valence-corrected chi connectivity index (χ2v) is 5.84. The summed E-state index contributed by atoms with van der Waals surface area (Å²) >= 11 is 0. The maximum atomic E-state index is 12.9. The summed E-state index contributed by atoms with van der Waals surface area (Å²) in [5.41, 5.74) is 7.88. The molecule has 0 unspecified atom stereocenters. The Morgan fingerprint density at radius 3 is 2.46 bits per heavy atom. The standard InChI is InChI=1S/C20H25N3O2.ClH/c1-2-19(24)22-18-11-6-10-17(14-18)20(25)23(13-7-12-21)15-16-8-4-3-5-9-16;/h3-6,8-11,14H,2,7,12-13,15,21H2,1H3,(H,22,24);1H. The van der Waals surface area contributed by atoms with Crippen LogP contribution in [-0.4, -0.2) is 29.8 Å². The van der Waals surface area contributed by atoms with Crippen molar-refractivity contribution in [2.75, 3.05) is 18.4 Å². The van der Waals surface area contributed by atoms with Gasteiger partial charge < -0.3 is 16.0 Å². The number of amides is 2. The zero-order valence-corrected chi connectivity index (χ0v) is 15.8. The fraction of sp³-hybridized carbons (Fsp3) is 0.300. The highest BCUT2D eigenvalue weighted by molar-refractivity contribution is 5.97. The molecule has 6 heteroatoms. The highest BCUT2D eigenvalue weighted by atomic mass is 35.5. The number of benzene rings is 2. The third-order valence-corrected chi connectivity index (χ3v) is 3.85. The number of rotatable bonds is 8. The molecule has 0 spiro atoms. The molecule has 0 aliphatic carbocycles. The van der Waals surface area contributed by atoms with Gasteiger partial charge in [-0.15, -0.1) is 12.4 Å². The van der Waals surface area contributed by atoms with Crippen LogP contribution >= 0.6 is 12.4 Å². The number of anilines is 1. The topological polar surface area (TPSA) is 75.4 Å². The van der Waals surface area contributed by atoms with E-state index in [4.69, 9.17) is 5.73 Å². The maximum Gasteiger partial charge on any atom is 0.254 e. The molecule has 140 valence electrons. The Morgan fingerprint density at radius 1 is 1.08 bits per heavy atom. The van der Waals surface area contributed by atoms with Crippen molar-refractivity contribution < 1.29 is 9.59 Å². The number of nitrogens with one attached hydrogen (secondary N) is 1. The lowest BCUT2D eigenvalue weighted by molar-refractivity contribution is -0.115. The molecule has 5 nitrogen and oxygen atoms in total. The first-order chi connectivity index (χ1) is 12.1. The van der Waals surface area contributed by atoms with Crippen LogP contribution in [0.1, 0.15) is 35.7 Å². The molecule has 2 amide bonds. The molecule has 0 radical (unpaired) electrons. The van der Waals surface area contributed by atoms with Gasteiger partial charge >= 0.3 is 0 Å². The largest absolute Gasteiger partial charge is 0.334 e. The van der Waals surface area contributed by atoms with Crippen LogP contribution in [0.4, 0.5) is 5.69 Å². The first kappa shape index (κ1) is 21.7. The van der Waals surface area contributed by atoms with Crippen molar-refractivity contribution in [3.8, 4) is 0 Å². The third-order valence-electron chi connectivity index (χ3n) is 3.85. The quantitative estimate of drug-likeness (QED) is 0.742. The highest BCUT2D eigenvalue weighted by Crippen LogP contribution is 2.15. The van der Waals surface area contributed by atoms with Gasteiger partial charge in [-0.3, -0.25) is 9.59 Å². The van der Waals surface area contributed by atoms with E-state index in [1.54, 1.807) is 36.1 Å². The van der Waals surface area contributed by atoms with Gasteiger partial charge in [0.15, 0.2) is 0 Å². The lowest BCUT2D eigenvalue weighted by atomic mass is 10.1. The third kappa shape index (κ3) is 6.50. The summed E-state index contributed by atoms with van der Waals surface area (Å²) < 4.78 is 0. The van der Waals surface area contributed by atoms with Crippen molar-refractivity contribution >= 4 is 29.9 Å². The number of hydrogen-bond acceptors (Lipinski definition) is 3. The minimum Gasteiger partial charge on any atom is -0.334 e. The molecule has 0 fully saturated rings. The van der Waals surface area contributed by atoms with Gasteiger partial charge in [-0.2, -0.15) is 0 Å². The van der Waals surface area contributed by atoms with E-state index >= 15 is 0 Å². The van der Waals surface area contributed by atoms with Crippen LogP contribution in [0.25, 0.3) is 0 Å². The van der Waals surface area contributed by atoms with Gasteiger partial charge in [0, 0.05) is 30.8 Å². The van der Waals surface area contributed by atoms with Crippen LogP contribution in [0.15, 0.2) is 54.6 Å². The molecule has 2 aromatic rings. The van der Waals surface area contributed by atoms with Crippen LogP contribution in [0, 0.1) is 0 Å². The Morgan fingerprint density at radius 2 is 1.81 bits per heavy atom. The molecule has 3 N–H and O–H groups in total. The van der Waals surface area contributed by atoms with E-state index in [-0.39, 0.29) is 24.2 Å². The predicted molar refractivity (Wildman–Crippen MR) is 107 cm³/mol. The van der Waals surface area contributed by atoms with E-state index in [1.807, 2.05) is 30.3 Å². The Labute approximate surface area is 161 Å². The van der Waals surface area contributed by atoms with E-state index in [2.05, 4.69) is 5.32 Å². The summed E-state index contributed by atoms with van der Waals surface area (Å²) in [6.45, 7) is 3.45. The van der Waals surface area contributed by atoms with Crippen molar-refractivity contribution in [2.24, 2.45) is 5.73 Å². The molecule has 0 aliphatic rings. The molecule has 2 aromatic carbocycles. The number of carbonyl (C=O) groups excluding carboxylic acids is 2. The summed E-state index contributed by atoms with van der Waals surface area (Å²) in [5.74, 6) is -0.140. The van der Waals surface area contributed by atoms with Gasteiger partial charge in [0.1, 0.15) is 0 Å². The normalized spacial score (nSPS) is 9.92. The monoisotopic (exact) mass is 375 g/mol. The minimum absolute atomic E-state index is 0. The average molecular weight is 376 g/mol. The highest BCUT2D eigenvalue weighted by Gasteiger charge is 2.16. The van der Waals surface area contributed by atoms with Crippen LogP contribution in [0.5, 0.6) is 0 Å². The molecule has 0 saturated carbocycles. The first-order valence-corrected chi connectivity index (χ1v) is 8.57. The zero-order valence-electron chi connectivity index (χ0n) is 15.0. The summed E-state index contributed by atoms with van der Waals surface area (Å²) in [6, 6.07) is 16.9. The SMILES string of the molecule is CCC(=O)Nc1cccc(C(=O)N(CCCN)Cc2ccccc2)c1.Cl. The molecule has 26 heavy (non-hydrogen) atoms. The van der Waals surface area contributed by atoms with Crippen LogP contribution in [-0.2, 0) is 11.3 Å². The van der Waals surface area contributed by atoms with Crippen molar-refractivity contribution in [1.82, 2.24) is 4.90 Å². The molecular weight excluding hydrogens is 350 g/mol. The Balaban J connectivity index is 0.00000338. The smallest absolute Gasteiger partial charge is 0.254 e. The van der Waals surface area contributed by atoms with Crippen molar-refractivity contribution in [3.63, 3.8) is 0 Å². The molecule has 0 aliphatic heterocycles. The first-order valence-electron chi connectivity index (χ1n) is 8.57. The Hall–Kier alpha value is -2.37. The minimum atomic E-state index is -0.0751. The number of carbonyl (C=O) groups is 2. The summed E-state index contributed by atoms with van der Waals surface area (Å²) in [6.07, 6.45) is 1.14. The molecule has 0 aromatic heterocycles. The van der Waals surface area contributed by atoms with Crippen molar-refractivity contribution in [1.29, 1.82) is 0 Å². The van der Waals surface area contributed by atoms with E-state index < -0.39 is 0 Å². The lowest BCUT2D eigenvalue weighted by Gasteiger charge is -2.23. The van der Waals surface area contributed by atoms with Gasteiger partial charge in [0.25, 0.3) is 5.91 Å². The fourth-order valence-corrected chi connectivity index (χ4v) is 2.50. The fourth-order valence-electron chi connectivity index (χ4n) is 2.50. The maximum absolute atomic E-state index is 12.9. The number of hydrogen-bond donors (Lipinski definition) is 2. The van der Waals surface area contributed by atoms with Crippen molar-refractivity contribution in [3.05, 3.63) is 65.7 Å². The van der Waals surface area contributed by atoms with Gasteiger partial charge in [0.2, 0.25) is 5.91 Å². The van der Waals surface area contributed by atoms with Gasteiger partial charge in [0.05, 0.1) is 0 Å². The molecule has 0 heterocycles. The number of nitrogens with two attached hydrogens (primary N) is 1. The second kappa shape index (κ2) is 11.3. The van der Waals surface area contributed by atoms with E-state index in [0.717, 1.165) is 12.0 Å². The van der Waals surface area contributed by atoms with Crippen LogP contribution in [0.3, 0.4) is 0 Å². The average Bonchev–Trinajstić information content (AvgIpc) is 2.65. The summed E-state index contributed by atoms with van der Waals surface area (Å²) in [5, 5.41) is 2.79.